The summed E-state index contributed by atoms with van der Waals surface area (Å²) in [6.45, 7) is 6.63. The lowest BCUT2D eigenvalue weighted by molar-refractivity contribution is 0.596. The number of benzene rings is 1. The number of hydrogen-bond donors (Lipinski definition) is 1. The van der Waals surface area contributed by atoms with E-state index in [1.165, 1.54) is 22.4 Å². The first kappa shape index (κ1) is 14.3. The molecule has 1 nitrogen and oxygen atoms in total. The van der Waals surface area contributed by atoms with Crippen molar-refractivity contribution in [2.24, 2.45) is 0 Å². The van der Waals surface area contributed by atoms with Gasteiger partial charge in [-0.1, -0.05) is 44.2 Å². The van der Waals surface area contributed by atoms with Gasteiger partial charge in [-0.25, -0.2) is 0 Å². The molecule has 1 aromatic carbocycles. The summed E-state index contributed by atoms with van der Waals surface area (Å²) in [5.41, 5.74) is 2.93. The van der Waals surface area contributed by atoms with E-state index < -0.39 is 0 Å². The normalized spacial score (nSPS) is 12.5. The summed E-state index contributed by atoms with van der Waals surface area (Å²) in [4.78, 5) is 1.50. The lowest BCUT2D eigenvalue weighted by atomic mass is 9.98. The van der Waals surface area contributed by atoms with Crippen molar-refractivity contribution in [2.75, 3.05) is 6.54 Å². The van der Waals surface area contributed by atoms with Crippen LogP contribution in [-0.2, 0) is 13.0 Å². The summed E-state index contributed by atoms with van der Waals surface area (Å²) in [6, 6.07) is 13.0. The Balaban J connectivity index is 1.72. The molecule has 0 aliphatic heterocycles. The van der Waals surface area contributed by atoms with Crippen LogP contribution in [0.25, 0.3) is 0 Å². The van der Waals surface area contributed by atoms with Gasteiger partial charge in [0.2, 0.25) is 0 Å². The molecule has 0 radical (unpaired) electrons. The third kappa shape index (κ3) is 4.19. The van der Waals surface area contributed by atoms with Crippen LogP contribution in [0.1, 0.15) is 42.2 Å². The molecule has 1 unspecified atom stereocenters. The van der Waals surface area contributed by atoms with Crippen LogP contribution in [0.5, 0.6) is 0 Å². The fourth-order valence-corrected chi connectivity index (χ4v) is 3.25. The second-order valence-electron chi connectivity index (χ2n) is 5.00. The summed E-state index contributed by atoms with van der Waals surface area (Å²) in [7, 11) is 0. The smallest absolute Gasteiger partial charge is 0.0302 e. The second-order valence-corrected chi connectivity index (χ2v) is 6.00. The third-order valence-electron chi connectivity index (χ3n) is 3.63. The Bertz CT molecular complexity index is 475. The van der Waals surface area contributed by atoms with Crippen molar-refractivity contribution in [1.82, 2.24) is 5.32 Å². The van der Waals surface area contributed by atoms with Gasteiger partial charge >= 0.3 is 0 Å². The average Bonchev–Trinajstić information content (AvgIpc) is 2.91. The molecule has 1 atom stereocenters. The van der Waals surface area contributed by atoms with Crippen molar-refractivity contribution in [1.29, 1.82) is 0 Å². The largest absolute Gasteiger partial charge is 0.312 e. The van der Waals surface area contributed by atoms with Crippen LogP contribution in [0.3, 0.4) is 0 Å². The maximum Gasteiger partial charge on any atom is 0.0302 e. The van der Waals surface area contributed by atoms with Gasteiger partial charge in [-0.2, -0.15) is 0 Å². The fourth-order valence-electron chi connectivity index (χ4n) is 2.31. The maximum atomic E-state index is 3.57. The second kappa shape index (κ2) is 7.46. The quantitative estimate of drug-likeness (QED) is 0.727. The van der Waals surface area contributed by atoms with E-state index in [1.54, 1.807) is 0 Å². The highest BCUT2D eigenvalue weighted by molar-refractivity contribution is 7.10. The van der Waals surface area contributed by atoms with E-state index in [0.717, 1.165) is 19.5 Å². The minimum Gasteiger partial charge on any atom is -0.312 e. The van der Waals surface area contributed by atoms with E-state index in [-0.39, 0.29) is 0 Å². The molecule has 0 aliphatic carbocycles. The Morgan fingerprint density at radius 2 is 1.95 bits per heavy atom. The summed E-state index contributed by atoms with van der Waals surface area (Å²) in [5, 5.41) is 5.77. The van der Waals surface area contributed by atoms with Crippen molar-refractivity contribution in [3.63, 3.8) is 0 Å². The molecule has 2 rings (SSSR count). The third-order valence-corrected chi connectivity index (χ3v) is 4.59. The lowest BCUT2D eigenvalue weighted by Gasteiger charge is -2.12. The Hall–Kier alpha value is -1.12. The van der Waals surface area contributed by atoms with Crippen LogP contribution < -0.4 is 5.32 Å². The summed E-state index contributed by atoms with van der Waals surface area (Å²) in [6.07, 6.45) is 2.33. The van der Waals surface area contributed by atoms with Gasteiger partial charge in [-0.3, -0.25) is 0 Å². The van der Waals surface area contributed by atoms with Crippen molar-refractivity contribution in [2.45, 2.75) is 39.2 Å². The lowest BCUT2D eigenvalue weighted by Crippen LogP contribution is -2.16. The fraction of sp³-hybridized carbons (Fsp3) is 0.412. The Labute approximate surface area is 120 Å². The highest BCUT2D eigenvalue weighted by atomic mass is 32.1. The van der Waals surface area contributed by atoms with Crippen LogP contribution in [0.2, 0.25) is 0 Å². The van der Waals surface area contributed by atoms with E-state index in [4.69, 9.17) is 0 Å². The van der Waals surface area contributed by atoms with E-state index in [0.29, 0.717) is 5.92 Å². The van der Waals surface area contributed by atoms with Gasteiger partial charge in [0.1, 0.15) is 0 Å². The zero-order chi connectivity index (χ0) is 13.5. The Morgan fingerprint density at radius 1 is 1.16 bits per heavy atom. The van der Waals surface area contributed by atoms with Gasteiger partial charge < -0.3 is 5.32 Å². The monoisotopic (exact) mass is 273 g/mol. The number of rotatable bonds is 7. The van der Waals surface area contributed by atoms with Gasteiger partial charge in [-0.15, -0.1) is 11.3 Å². The van der Waals surface area contributed by atoms with Crippen molar-refractivity contribution >= 4 is 11.3 Å². The molecule has 0 bridgehead atoms. The van der Waals surface area contributed by atoms with E-state index >= 15 is 0 Å². The number of thiophene rings is 1. The molecule has 0 amide bonds. The Kier molecular flexibility index (Phi) is 5.62. The summed E-state index contributed by atoms with van der Waals surface area (Å²) in [5.74, 6) is 0.627. The highest BCUT2D eigenvalue weighted by Gasteiger charge is 2.05. The van der Waals surface area contributed by atoms with Gasteiger partial charge in [0.25, 0.3) is 0 Å². The minimum atomic E-state index is 0.627. The minimum absolute atomic E-state index is 0.627. The molecule has 1 heterocycles. The first-order chi connectivity index (χ1) is 9.31. The SMILES string of the molecule is CCc1ccsc1CNCCC(C)c1ccccc1. The molecule has 19 heavy (non-hydrogen) atoms. The molecule has 102 valence electrons. The van der Waals surface area contributed by atoms with Crippen molar-refractivity contribution in [3.8, 4) is 0 Å². The first-order valence-corrected chi connectivity index (χ1v) is 8.00. The molecule has 0 spiro atoms. The predicted molar refractivity (Wildman–Crippen MR) is 84.9 cm³/mol. The van der Waals surface area contributed by atoms with E-state index in [9.17, 15) is 0 Å². The zero-order valence-electron chi connectivity index (χ0n) is 11.9. The molecule has 0 saturated carbocycles. The Morgan fingerprint density at radius 3 is 2.68 bits per heavy atom. The molecule has 0 saturated heterocycles. The molecule has 1 aromatic heterocycles. The molecule has 2 aromatic rings. The van der Waals surface area contributed by atoms with Gasteiger partial charge in [0.15, 0.2) is 0 Å². The van der Waals surface area contributed by atoms with E-state index in [1.807, 2.05) is 11.3 Å². The molecular weight excluding hydrogens is 250 g/mol. The van der Waals surface area contributed by atoms with Crippen LogP contribution >= 0.6 is 11.3 Å². The van der Waals surface area contributed by atoms with Crippen LogP contribution in [0.4, 0.5) is 0 Å². The first-order valence-electron chi connectivity index (χ1n) is 7.12. The van der Waals surface area contributed by atoms with E-state index in [2.05, 4.69) is 60.9 Å². The standard InChI is InChI=1S/C17H23NS/c1-3-15-10-12-19-17(15)13-18-11-9-14(2)16-7-5-4-6-8-16/h4-8,10,12,14,18H,3,9,11,13H2,1-2H3. The summed E-state index contributed by atoms with van der Waals surface area (Å²) >= 11 is 1.87. The average molecular weight is 273 g/mol. The van der Waals surface area contributed by atoms with Crippen molar-refractivity contribution in [3.05, 3.63) is 57.8 Å². The molecule has 1 N–H and O–H groups in total. The van der Waals surface area contributed by atoms with Crippen molar-refractivity contribution < 1.29 is 0 Å². The van der Waals surface area contributed by atoms with Gasteiger partial charge in [0, 0.05) is 11.4 Å². The highest BCUT2D eigenvalue weighted by Crippen LogP contribution is 2.19. The predicted octanol–water partition coefficient (Wildman–Crippen LogP) is 4.59. The molecule has 0 aliphatic rings. The molecule has 0 fully saturated rings. The molecule has 2 heteroatoms. The number of nitrogens with one attached hydrogen (secondary N) is 1. The van der Waals surface area contributed by atoms with Crippen LogP contribution in [0, 0.1) is 0 Å². The topological polar surface area (TPSA) is 12.0 Å². The molecular formula is C17H23NS. The van der Waals surface area contributed by atoms with Gasteiger partial charge in [-0.05, 0) is 47.9 Å². The summed E-state index contributed by atoms with van der Waals surface area (Å²) < 4.78 is 0. The number of aryl methyl sites for hydroxylation is 1. The maximum absolute atomic E-state index is 3.57. The van der Waals surface area contributed by atoms with Crippen LogP contribution in [-0.4, -0.2) is 6.54 Å². The number of hydrogen-bond acceptors (Lipinski definition) is 2. The van der Waals surface area contributed by atoms with Crippen LogP contribution in [0.15, 0.2) is 41.8 Å². The van der Waals surface area contributed by atoms with Gasteiger partial charge in [0.05, 0.1) is 0 Å². The zero-order valence-corrected chi connectivity index (χ0v) is 12.7.